The summed E-state index contributed by atoms with van der Waals surface area (Å²) in [4.78, 5) is 11.2. The minimum Gasteiger partial charge on any atom is -0.450 e. The molecule has 0 fully saturated rings. The van der Waals surface area contributed by atoms with Crippen LogP contribution in [0.1, 0.15) is 27.2 Å². The van der Waals surface area contributed by atoms with E-state index in [1.54, 1.807) is 13.8 Å². The van der Waals surface area contributed by atoms with Crippen molar-refractivity contribution in [3.8, 4) is 0 Å². The molecule has 14 heavy (non-hydrogen) atoms. The summed E-state index contributed by atoms with van der Waals surface area (Å²) in [5, 5.41) is 26.4. The SMILES string of the molecule is CC=C(C)C(=O)OC(CC)C(O)(O)O. The average molecular weight is 204 g/mol. The highest BCUT2D eigenvalue weighted by atomic mass is 16.7. The predicted octanol–water partition coefficient (Wildman–Crippen LogP) is -0.0949. The van der Waals surface area contributed by atoms with Crippen molar-refractivity contribution in [2.45, 2.75) is 39.3 Å². The van der Waals surface area contributed by atoms with E-state index in [1.165, 1.54) is 13.0 Å². The molecule has 0 rings (SSSR count). The number of hydrogen-bond donors (Lipinski definition) is 3. The molecule has 1 atom stereocenters. The number of hydrogen-bond acceptors (Lipinski definition) is 5. The van der Waals surface area contributed by atoms with Gasteiger partial charge in [-0.05, 0) is 20.3 Å². The molecule has 3 N–H and O–H groups in total. The van der Waals surface area contributed by atoms with Gasteiger partial charge >= 0.3 is 11.9 Å². The van der Waals surface area contributed by atoms with Gasteiger partial charge in [0.05, 0.1) is 0 Å². The van der Waals surface area contributed by atoms with E-state index in [-0.39, 0.29) is 6.42 Å². The fraction of sp³-hybridized carbons (Fsp3) is 0.667. The maximum absolute atomic E-state index is 11.2. The van der Waals surface area contributed by atoms with Crippen molar-refractivity contribution in [2.24, 2.45) is 0 Å². The second-order valence-corrected chi connectivity index (χ2v) is 2.96. The van der Waals surface area contributed by atoms with Crippen LogP contribution in [0.15, 0.2) is 11.6 Å². The van der Waals surface area contributed by atoms with Gasteiger partial charge < -0.3 is 20.1 Å². The van der Waals surface area contributed by atoms with E-state index in [9.17, 15) is 4.79 Å². The molecule has 1 unspecified atom stereocenters. The summed E-state index contributed by atoms with van der Waals surface area (Å²) < 4.78 is 4.66. The Kier molecular flexibility index (Phi) is 4.76. The van der Waals surface area contributed by atoms with Crippen molar-refractivity contribution >= 4 is 5.97 Å². The third kappa shape index (κ3) is 3.87. The highest BCUT2D eigenvalue weighted by Gasteiger charge is 2.34. The van der Waals surface area contributed by atoms with E-state index in [1.807, 2.05) is 0 Å². The van der Waals surface area contributed by atoms with Gasteiger partial charge in [0.1, 0.15) is 0 Å². The molecule has 0 saturated heterocycles. The van der Waals surface area contributed by atoms with Crippen LogP contribution in [0, 0.1) is 0 Å². The molecule has 0 aromatic rings. The third-order valence-electron chi connectivity index (χ3n) is 1.81. The van der Waals surface area contributed by atoms with Gasteiger partial charge in [-0.25, -0.2) is 4.79 Å². The molecule has 0 amide bonds. The van der Waals surface area contributed by atoms with Crippen LogP contribution in [0.5, 0.6) is 0 Å². The van der Waals surface area contributed by atoms with Crippen molar-refractivity contribution in [2.75, 3.05) is 0 Å². The number of esters is 1. The van der Waals surface area contributed by atoms with Crippen molar-refractivity contribution in [3.05, 3.63) is 11.6 Å². The first-order valence-corrected chi connectivity index (χ1v) is 4.33. The van der Waals surface area contributed by atoms with Crippen LogP contribution < -0.4 is 0 Å². The summed E-state index contributed by atoms with van der Waals surface area (Å²) in [6.07, 6.45) is 0.291. The van der Waals surface area contributed by atoms with E-state index in [4.69, 9.17) is 15.3 Å². The minimum atomic E-state index is -2.99. The number of ether oxygens (including phenoxy) is 1. The second kappa shape index (κ2) is 5.09. The largest absolute Gasteiger partial charge is 0.450 e. The standard InChI is InChI=1S/C9H16O5/c1-4-6(3)8(10)14-7(5-2)9(11,12)13/h4,7,11-13H,5H2,1-3H3. The number of allylic oxidation sites excluding steroid dienone is 1. The molecule has 0 aliphatic heterocycles. The molecule has 5 heteroatoms. The quantitative estimate of drug-likeness (QED) is 0.338. The van der Waals surface area contributed by atoms with Crippen LogP contribution in [-0.2, 0) is 9.53 Å². The van der Waals surface area contributed by atoms with Crippen molar-refractivity contribution < 1.29 is 24.9 Å². The molecule has 5 nitrogen and oxygen atoms in total. The van der Waals surface area contributed by atoms with E-state index >= 15 is 0 Å². The van der Waals surface area contributed by atoms with Gasteiger partial charge in [0.2, 0.25) is 0 Å². The van der Waals surface area contributed by atoms with Crippen LogP contribution in [0.25, 0.3) is 0 Å². The predicted molar refractivity (Wildman–Crippen MR) is 49.0 cm³/mol. The smallest absolute Gasteiger partial charge is 0.333 e. The fourth-order valence-electron chi connectivity index (χ4n) is 0.776. The molecule has 0 aliphatic carbocycles. The first-order valence-electron chi connectivity index (χ1n) is 4.33. The maximum atomic E-state index is 11.2. The zero-order chi connectivity index (χ0) is 11.4. The first kappa shape index (κ1) is 13.1. The number of carbonyl (C=O) groups is 1. The molecule has 0 aromatic heterocycles. The molecule has 0 aromatic carbocycles. The summed E-state index contributed by atoms with van der Waals surface area (Å²) >= 11 is 0. The summed E-state index contributed by atoms with van der Waals surface area (Å²) in [6, 6.07) is 0. The van der Waals surface area contributed by atoms with E-state index < -0.39 is 18.0 Å². The van der Waals surface area contributed by atoms with Crippen LogP contribution in [-0.4, -0.2) is 33.4 Å². The van der Waals surface area contributed by atoms with Gasteiger partial charge in [-0.1, -0.05) is 13.0 Å². The van der Waals surface area contributed by atoms with Crippen LogP contribution in [0.3, 0.4) is 0 Å². The van der Waals surface area contributed by atoms with Crippen LogP contribution in [0.4, 0.5) is 0 Å². The molecular formula is C9H16O5. The summed E-state index contributed by atoms with van der Waals surface area (Å²) in [7, 11) is 0. The zero-order valence-electron chi connectivity index (χ0n) is 8.52. The fourth-order valence-corrected chi connectivity index (χ4v) is 0.776. The van der Waals surface area contributed by atoms with E-state index in [2.05, 4.69) is 4.74 Å². The van der Waals surface area contributed by atoms with Gasteiger partial charge in [-0.2, -0.15) is 0 Å². The Balaban J connectivity index is 4.42. The Morgan fingerprint density at radius 1 is 1.50 bits per heavy atom. The molecular weight excluding hydrogens is 188 g/mol. The Hall–Kier alpha value is -0.910. The first-order chi connectivity index (χ1) is 6.32. The summed E-state index contributed by atoms with van der Waals surface area (Å²) in [6.45, 7) is 4.74. The summed E-state index contributed by atoms with van der Waals surface area (Å²) in [5.41, 5.74) is 0.340. The van der Waals surface area contributed by atoms with Gasteiger partial charge in [0, 0.05) is 5.57 Å². The van der Waals surface area contributed by atoms with Gasteiger partial charge in [-0.3, -0.25) is 0 Å². The minimum absolute atomic E-state index is 0.103. The number of carbonyl (C=O) groups excluding carboxylic acids is 1. The molecule has 82 valence electrons. The molecule has 0 saturated carbocycles. The maximum Gasteiger partial charge on any atom is 0.333 e. The molecule has 0 bridgehead atoms. The van der Waals surface area contributed by atoms with Crippen molar-refractivity contribution in [1.29, 1.82) is 0 Å². The normalized spacial score (nSPS) is 15.1. The molecule has 0 radical (unpaired) electrons. The topological polar surface area (TPSA) is 87.0 Å². The zero-order valence-corrected chi connectivity index (χ0v) is 8.52. The Labute approximate surface area is 82.6 Å². The van der Waals surface area contributed by atoms with Crippen LogP contribution in [0.2, 0.25) is 0 Å². The van der Waals surface area contributed by atoms with Crippen LogP contribution >= 0.6 is 0 Å². The monoisotopic (exact) mass is 204 g/mol. The lowest BCUT2D eigenvalue weighted by molar-refractivity contribution is -0.355. The molecule has 0 heterocycles. The molecule has 0 aliphatic rings. The Bertz CT molecular complexity index is 226. The average Bonchev–Trinajstić information content (AvgIpc) is 2.10. The number of rotatable bonds is 4. The molecule has 0 spiro atoms. The van der Waals surface area contributed by atoms with Gasteiger partial charge in [-0.15, -0.1) is 0 Å². The van der Waals surface area contributed by atoms with E-state index in [0.717, 1.165) is 0 Å². The van der Waals surface area contributed by atoms with Gasteiger partial charge in [0.15, 0.2) is 6.10 Å². The van der Waals surface area contributed by atoms with Gasteiger partial charge in [0.25, 0.3) is 0 Å². The lowest BCUT2D eigenvalue weighted by Gasteiger charge is -2.24. The highest BCUT2D eigenvalue weighted by molar-refractivity contribution is 5.87. The Morgan fingerprint density at radius 3 is 2.29 bits per heavy atom. The third-order valence-corrected chi connectivity index (χ3v) is 1.81. The number of aliphatic hydroxyl groups is 3. The van der Waals surface area contributed by atoms with Crippen molar-refractivity contribution in [1.82, 2.24) is 0 Å². The highest BCUT2D eigenvalue weighted by Crippen LogP contribution is 2.13. The van der Waals surface area contributed by atoms with E-state index in [0.29, 0.717) is 5.57 Å². The Morgan fingerprint density at radius 2 is 2.00 bits per heavy atom. The summed E-state index contributed by atoms with van der Waals surface area (Å²) in [5.74, 6) is -3.67. The van der Waals surface area contributed by atoms with Crippen molar-refractivity contribution in [3.63, 3.8) is 0 Å². The lowest BCUT2D eigenvalue weighted by atomic mass is 10.2. The lowest BCUT2D eigenvalue weighted by Crippen LogP contribution is -2.44. The second-order valence-electron chi connectivity index (χ2n) is 2.96.